The predicted octanol–water partition coefficient (Wildman–Crippen LogP) is 3.41. The van der Waals surface area contributed by atoms with Crippen LogP contribution >= 0.6 is 11.3 Å². The van der Waals surface area contributed by atoms with Crippen LogP contribution in [-0.4, -0.2) is 41.4 Å². The number of ether oxygens (including phenoxy) is 2. The average Bonchev–Trinajstić information content (AvgIpc) is 3.34. The molecule has 4 aromatic rings. The molecule has 174 valence electrons. The number of nitrogens with zero attached hydrogens (tertiary/aromatic N) is 3. The first kappa shape index (κ1) is 23.2. The Morgan fingerprint density at radius 1 is 1.00 bits per heavy atom. The van der Waals surface area contributed by atoms with Crippen LogP contribution < -0.4 is 20.3 Å². The fourth-order valence-electron chi connectivity index (χ4n) is 3.31. The van der Waals surface area contributed by atoms with E-state index in [1.807, 2.05) is 53.9 Å². The largest absolute Gasteiger partial charge is 0.497 e. The number of hydrogen-bond acceptors (Lipinski definition) is 7. The third kappa shape index (κ3) is 5.68. The second-order valence-electron chi connectivity index (χ2n) is 7.42. The van der Waals surface area contributed by atoms with Crippen molar-refractivity contribution in [3.8, 4) is 33.3 Å². The standard InChI is InChI=1S/C25H24N4O4S/c1-32-20-8-6-17(7-9-20)25-27-19(16-34-25)12-13-26-23(30)15-29-24(31)11-10-22(28-29)18-4-3-5-21(14-18)33-2/h3-11,14,16H,12-13,15H2,1-2H3,(H,26,30). The number of thiazole rings is 1. The maximum Gasteiger partial charge on any atom is 0.267 e. The van der Waals surface area contributed by atoms with Crippen LogP contribution in [0, 0.1) is 0 Å². The molecule has 1 amide bonds. The van der Waals surface area contributed by atoms with Gasteiger partial charge in [0, 0.05) is 35.5 Å². The molecule has 0 bridgehead atoms. The summed E-state index contributed by atoms with van der Waals surface area (Å²) in [5.41, 5.74) is 2.95. The van der Waals surface area contributed by atoms with Gasteiger partial charge in [0.2, 0.25) is 5.91 Å². The summed E-state index contributed by atoms with van der Waals surface area (Å²) in [5.74, 6) is 1.20. The zero-order valence-corrected chi connectivity index (χ0v) is 19.7. The zero-order chi connectivity index (χ0) is 23.9. The van der Waals surface area contributed by atoms with Gasteiger partial charge in [-0.2, -0.15) is 5.10 Å². The minimum atomic E-state index is -0.342. The molecular formula is C25H24N4O4S. The number of carbonyl (C=O) groups excluding carboxylic acids is 1. The second-order valence-corrected chi connectivity index (χ2v) is 8.28. The topological polar surface area (TPSA) is 95.3 Å². The van der Waals surface area contributed by atoms with Crippen LogP contribution in [0.2, 0.25) is 0 Å². The van der Waals surface area contributed by atoms with E-state index in [1.165, 1.54) is 6.07 Å². The molecule has 0 aliphatic heterocycles. The molecule has 2 heterocycles. The molecule has 1 N–H and O–H groups in total. The van der Waals surface area contributed by atoms with Gasteiger partial charge in [0.15, 0.2) is 0 Å². The molecule has 0 atom stereocenters. The number of carbonyl (C=O) groups is 1. The third-order valence-electron chi connectivity index (χ3n) is 5.12. The monoisotopic (exact) mass is 476 g/mol. The van der Waals surface area contributed by atoms with E-state index in [0.717, 1.165) is 32.3 Å². The van der Waals surface area contributed by atoms with Crippen LogP contribution in [0.1, 0.15) is 5.69 Å². The summed E-state index contributed by atoms with van der Waals surface area (Å²) < 4.78 is 11.6. The lowest BCUT2D eigenvalue weighted by Crippen LogP contribution is -2.34. The lowest BCUT2D eigenvalue weighted by Gasteiger charge is -2.09. The van der Waals surface area contributed by atoms with Gasteiger partial charge in [0.1, 0.15) is 23.1 Å². The highest BCUT2D eigenvalue weighted by Gasteiger charge is 2.10. The molecule has 0 saturated carbocycles. The van der Waals surface area contributed by atoms with Gasteiger partial charge in [-0.3, -0.25) is 9.59 Å². The number of amides is 1. The van der Waals surface area contributed by atoms with Crippen molar-refractivity contribution < 1.29 is 14.3 Å². The van der Waals surface area contributed by atoms with Crippen molar-refractivity contribution in [3.63, 3.8) is 0 Å². The third-order valence-corrected chi connectivity index (χ3v) is 6.06. The van der Waals surface area contributed by atoms with Gasteiger partial charge in [-0.15, -0.1) is 11.3 Å². The molecule has 0 radical (unpaired) electrons. The summed E-state index contributed by atoms with van der Waals surface area (Å²) in [5, 5.41) is 10.1. The normalized spacial score (nSPS) is 10.6. The Kier molecular flexibility index (Phi) is 7.34. The number of nitrogens with one attached hydrogen (secondary N) is 1. The van der Waals surface area contributed by atoms with E-state index < -0.39 is 0 Å². The molecule has 0 unspecified atom stereocenters. The molecule has 0 aliphatic carbocycles. The smallest absolute Gasteiger partial charge is 0.267 e. The lowest BCUT2D eigenvalue weighted by atomic mass is 10.1. The van der Waals surface area contributed by atoms with Crippen molar-refractivity contribution in [3.05, 3.63) is 82.1 Å². The highest BCUT2D eigenvalue weighted by Crippen LogP contribution is 2.26. The van der Waals surface area contributed by atoms with Crippen LogP contribution in [0.3, 0.4) is 0 Å². The summed E-state index contributed by atoms with van der Waals surface area (Å²) in [6.45, 7) is 0.250. The Labute approximate surface area is 200 Å². The van der Waals surface area contributed by atoms with Crippen molar-refractivity contribution in [2.45, 2.75) is 13.0 Å². The summed E-state index contributed by atoms with van der Waals surface area (Å²) in [6, 6.07) is 18.1. The van der Waals surface area contributed by atoms with Gasteiger partial charge in [-0.25, -0.2) is 9.67 Å². The van der Waals surface area contributed by atoms with Crippen LogP contribution in [-0.2, 0) is 17.8 Å². The van der Waals surface area contributed by atoms with Crippen LogP contribution in [0.4, 0.5) is 0 Å². The van der Waals surface area contributed by atoms with E-state index >= 15 is 0 Å². The van der Waals surface area contributed by atoms with Gasteiger partial charge < -0.3 is 14.8 Å². The zero-order valence-electron chi connectivity index (χ0n) is 18.9. The van der Waals surface area contributed by atoms with E-state index in [9.17, 15) is 9.59 Å². The van der Waals surface area contributed by atoms with Gasteiger partial charge in [-0.1, -0.05) is 12.1 Å². The van der Waals surface area contributed by atoms with Crippen molar-refractivity contribution in [1.82, 2.24) is 20.1 Å². The molecule has 8 nitrogen and oxygen atoms in total. The number of methoxy groups -OCH3 is 2. The molecule has 0 spiro atoms. The van der Waals surface area contributed by atoms with Crippen LogP contribution in [0.5, 0.6) is 11.5 Å². The van der Waals surface area contributed by atoms with E-state index in [2.05, 4.69) is 15.4 Å². The van der Waals surface area contributed by atoms with E-state index in [-0.39, 0.29) is 18.0 Å². The number of benzene rings is 2. The Hall–Kier alpha value is -3.98. The molecule has 34 heavy (non-hydrogen) atoms. The van der Waals surface area contributed by atoms with Crippen molar-refractivity contribution in [2.75, 3.05) is 20.8 Å². The van der Waals surface area contributed by atoms with Gasteiger partial charge in [0.05, 0.1) is 25.6 Å². The van der Waals surface area contributed by atoms with Crippen molar-refractivity contribution >= 4 is 17.2 Å². The summed E-state index contributed by atoms with van der Waals surface area (Å²) in [6.07, 6.45) is 0.588. The molecule has 0 saturated heterocycles. The Morgan fingerprint density at radius 3 is 2.56 bits per heavy atom. The molecule has 9 heteroatoms. The molecule has 0 fully saturated rings. The summed E-state index contributed by atoms with van der Waals surface area (Å²) in [7, 11) is 3.22. The van der Waals surface area contributed by atoms with Gasteiger partial charge >= 0.3 is 0 Å². The SMILES string of the molecule is COc1ccc(-c2nc(CCNC(=O)Cn3nc(-c4cccc(OC)c4)ccc3=O)cs2)cc1. The van der Waals surface area contributed by atoms with E-state index in [0.29, 0.717) is 24.4 Å². The van der Waals surface area contributed by atoms with Gasteiger partial charge in [0.25, 0.3) is 5.56 Å². The fourth-order valence-corrected chi connectivity index (χ4v) is 4.17. The first-order valence-electron chi connectivity index (χ1n) is 10.6. The number of aromatic nitrogens is 3. The van der Waals surface area contributed by atoms with Gasteiger partial charge in [-0.05, 0) is 42.5 Å². The average molecular weight is 477 g/mol. The minimum Gasteiger partial charge on any atom is -0.497 e. The Bertz CT molecular complexity index is 1330. The van der Waals surface area contributed by atoms with Crippen molar-refractivity contribution in [2.24, 2.45) is 0 Å². The van der Waals surface area contributed by atoms with Crippen LogP contribution in [0.15, 0.2) is 70.8 Å². The summed E-state index contributed by atoms with van der Waals surface area (Å²) >= 11 is 1.55. The Morgan fingerprint density at radius 2 is 1.79 bits per heavy atom. The maximum atomic E-state index is 12.4. The lowest BCUT2D eigenvalue weighted by molar-refractivity contribution is -0.121. The molecule has 0 aliphatic rings. The highest BCUT2D eigenvalue weighted by atomic mass is 32.1. The quantitative estimate of drug-likeness (QED) is 0.398. The molecule has 4 rings (SSSR count). The Balaban J connectivity index is 1.34. The summed E-state index contributed by atoms with van der Waals surface area (Å²) in [4.78, 5) is 29.3. The highest BCUT2D eigenvalue weighted by molar-refractivity contribution is 7.13. The fraction of sp³-hybridized carbons (Fsp3) is 0.200. The number of hydrogen-bond donors (Lipinski definition) is 1. The van der Waals surface area contributed by atoms with Crippen molar-refractivity contribution in [1.29, 1.82) is 0 Å². The van der Waals surface area contributed by atoms with Crippen LogP contribution in [0.25, 0.3) is 21.8 Å². The second kappa shape index (κ2) is 10.8. The van der Waals surface area contributed by atoms with E-state index in [1.54, 1.807) is 31.6 Å². The predicted molar refractivity (Wildman–Crippen MR) is 131 cm³/mol. The minimum absolute atomic E-state index is 0.162. The first-order valence-corrected chi connectivity index (χ1v) is 11.5. The molecule has 2 aromatic carbocycles. The maximum absolute atomic E-state index is 12.4. The molecular weight excluding hydrogens is 452 g/mol. The van der Waals surface area contributed by atoms with E-state index in [4.69, 9.17) is 9.47 Å². The molecule has 2 aromatic heterocycles. The number of rotatable bonds is 9. The first-order chi connectivity index (χ1) is 16.6.